The predicted octanol–water partition coefficient (Wildman–Crippen LogP) is 3.71. The summed E-state index contributed by atoms with van der Waals surface area (Å²) in [5, 5.41) is 10.2. The van der Waals surface area contributed by atoms with Crippen molar-refractivity contribution in [3.63, 3.8) is 0 Å². The number of anilines is 2. The maximum Gasteiger partial charge on any atom is 0.418 e. The third-order valence-electron chi connectivity index (χ3n) is 3.01. The van der Waals surface area contributed by atoms with E-state index in [1.807, 2.05) is 0 Å². The van der Waals surface area contributed by atoms with E-state index in [1.54, 1.807) is 0 Å². The lowest BCUT2D eigenvalue weighted by atomic mass is 10.2. The second-order valence-electron chi connectivity index (χ2n) is 4.60. The van der Waals surface area contributed by atoms with Gasteiger partial charge in [0.25, 0.3) is 0 Å². The number of nitrogens with zero attached hydrogens (tertiary/aromatic N) is 2. The van der Waals surface area contributed by atoms with Crippen molar-refractivity contribution in [2.24, 2.45) is 0 Å². The summed E-state index contributed by atoms with van der Waals surface area (Å²) in [4.78, 5) is 11.4. The normalized spacial score (nSPS) is 18.0. The van der Waals surface area contributed by atoms with Crippen LogP contribution >= 0.6 is 23.1 Å². The number of para-hydroxylation sites is 1. The molecule has 1 aromatic carbocycles. The van der Waals surface area contributed by atoms with Gasteiger partial charge in [0.1, 0.15) is 5.25 Å². The molecule has 2 aromatic rings. The molecule has 0 spiro atoms. The number of esters is 1. The number of hydrogen-bond donors (Lipinski definition) is 1. The van der Waals surface area contributed by atoms with Crippen molar-refractivity contribution in [1.29, 1.82) is 0 Å². The minimum absolute atomic E-state index is 0.0898. The van der Waals surface area contributed by atoms with Crippen LogP contribution in [0.3, 0.4) is 0 Å². The Morgan fingerprint density at radius 2 is 2.09 bits per heavy atom. The molecule has 3 rings (SSSR count). The fourth-order valence-electron chi connectivity index (χ4n) is 1.97. The molecule has 5 nitrogen and oxygen atoms in total. The number of halogens is 3. The fraction of sp³-hybridized carbons (Fsp3) is 0.308. The van der Waals surface area contributed by atoms with Crippen LogP contribution in [0.15, 0.2) is 28.6 Å². The lowest BCUT2D eigenvalue weighted by molar-refractivity contribution is -0.138. The Labute approximate surface area is 137 Å². The van der Waals surface area contributed by atoms with Gasteiger partial charge in [-0.3, -0.25) is 4.79 Å². The molecule has 1 atom stereocenters. The summed E-state index contributed by atoms with van der Waals surface area (Å²) < 4.78 is 44.2. The number of carbonyl (C=O) groups excluding carboxylic acids is 1. The summed E-state index contributed by atoms with van der Waals surface area (Å²) in [6.45, 7) is 0.374. The molecule has 0 bridgehead atoms. The first-order chi connectivity index (χ1) is 10.9. The molecule has 0 radical (unpaired) electrons. The number of benzene rings is 1. The highest BCUT2D eigenvalue weighted by Gasteiger charge is 2.33. The standard InChI is InChI=1S/C13H10F3N3O2S2/c14-13(15,16)7-3-1-2-4-8(7)17-11-18-19-12(23-11)22-9-5-6-21-10(9)20/h1-4,9H,5-6H2,(H,17,18)/t9-/m0/s1. The zero-order valence-corrected chi connectivity index (χ0v) is 13.1. The molecule has 0 unspecified atom stereocenters. The largest absolute Gasteiger partial charge is 0.465 e. The Balaban J connectivity index is 1.74. The molecule has 1 aliphatic heterocycles. The van der Waals surface area contributed by atoms with Crippen LogP contribution in [0.2, 0.25) is 0 Å². The van der Waals surface area contributed by atoms with Crippen molar-refractivity contribution in [3.8, 4) is 0 Å². The lowest BCUT2D eigenvalue weighted by Gasteiger charge is -2.12. The monoisotopic (exact) mass is 361 g/mol. The average molecular weight is 361 g/mol. The second-order valence-corrected chi connectivity index (χ2v) is 7.03. The van der Waals surface area contributed by atoms with Gasteiger partial charge >= 0.3 is 12.1 Å². The van der Waals surface area contributed by atoms with Crippen LogP contribution in [0.25, 0.3) is 0 Å². The highest BCUT2D eigenvalue weighted by molar-refractivity contribution is 8.02. The smallest absolute Gasteiger partial charge is 0.418 e. The maximum absolute atomic E-state index is 12.9. The minimum atomic E-state index is -4.46. The minimum Gasteiger partial charge on any atom is -0.465 e. The fourth-order valence-corrected chi connectivity index (χ4v) is 3.95. The molecule has 2 heterocycles. The van der Waals surface area contributed by atoms with Crippen molar-refractivity contribution in [1.82, 2.24) is 10.2 Å². The van der Waals surface area contributed by atoms with E-state index in [2.05, 4.69) is 15.5 Å². The Hall–Kier alpha value is -1.81. The third kappa shape index (κ3) is 3.75. The number of cyclic esters (lactones) is 1. The SMILES string of the molecule is O=C1OCC[C@@H]1Sc1nnc(Nc2ccccc2C(F)(F)F)s1. The van der Waals surface area contributed by atoms with Gasteiger partial charge in [0.2, 0.25) is 5.13 Å². The molecule has 1 saturated heterocycles. The van der Waals surface area contributed by atoms with E-state index in [-0.39, 0.29) is 22.0 Å². The van der Waals surface area contributed by atoms with Crippen LogP contribution < -0.4 is 5.32 Å². The highest BCUT2D eigenvalue weighted by Crippen LogP contribution is 2.38. The summed E-state index contributed by atoms with van der Waals surface area (Å²) >= 11 is 2.30. The number of nitrogens with one attached hydrogen (secondary N) is 1. The van der Waals surface area contributed by atoms with Crippen LogP contribution in [-0.4, -0.2) is 28.0 Å². The van der Waals surface area contributed by atoms with E-state index < -0.39 is 11.7 Å². The van der Waals surface area contributed by atoms with Crippen LogP contribution in [0.4, 0.5) is 24.0 Å². The number of hydrogen-bond acceptors (Lipinski definition) is 7. The molecule has 0 aliphatic carbocycles. The first-order valence-electron chi connectivity index (χ1n) is 6.53. The van der Waals surface area contributed by atoms with Gasteiger partial charge in [0.05, 0.1) is 17.9 Å². The van der Waals surface area contributed by atoms with E-state index >= 15 is 0 Å². The van der Waals surface area contributed by atoms with Crippen LogP contribution in [-0.2, 0) is 15.7 Å². The second kappa shape index (κ2) is 6.36. The third-order valence-corrected chi connectivity index (χ3v) is 5.18. The Morgan fingerprint density at radius 3 is 2.78 bits per heavy atom. The van der Waals surface area contributed by atoms with Gasteiger partial charge in [-0.1, -0.05) is 35.2 Å². The van der Waals surface area contributed by atoms with E-state index in [9.17, 15) is 18.0 Å². The molecule has 122 valence electrons. The summed E-state index contributed by atoms with van der Waals surface area (Å²) in [5.74, 6) is -0.304. The topological polar surface area (TPSA) is 64.1 Å². The number of rotatable bonds is 4. The Kier molecular flexibility index (Phi) is 4.44. The first-order valence-corrected chi connectivity index (χ1v) is 8.23. The zero-order valence-electron chi connectivity index (χ0n) is 11.5. The molecule has 1 aromatic heterocycles. The van der Waals surface area contributed by atoms with Gasteiger partial charge < -0.3 is 10.1 Å². The van der Waals surface area contributed by atoms with Crippen molar-refractivity contribution < 1.29 is 22.7 Å². The summed E-state index contributed by atoms with van der Waals surface area (Å²) in [6.07, 6.45) is -3.87. The van der Waals surface area contributed by atoms with E-state index in [4.69, 9.17) is 4.74 Å². The van der Waals surface area contributed by atoms with Crippen molar-refractivity contribution in [2.45, 2.75) is 22.2 Å². The molecular weight excluding hydrogens is 351 g/mol. The van der Waals surface area contributed by atoms with Crippen molar-refractivity contribution >= 4 is 39.9 Å². The van der Waals surface area contributed by atoms with Crippen molar-refractivity contribution in [2.75, 3.05) is 11.9 Å². The molecule has 0 amide bonds. The molecular formula is C13H10F3N3O2S2. The number of aromatic nitrogens is 2. The van der Waals surface area contributed by atoms with Crippen LogP contribution in [0, 0.1) is 0 Å². The lowest BCUT2D eigenvalue weighted by Crippen LogP contribution is -2.08. The molecule has 10 heteroatoms. The van der Waals surface area contributed by atoms with Gasteiger partial charge in [-0.15, -0.1) is 10.2 Å². The molecule has 23 heavy (non-hydrogen) atoms. The molecule has 1 aliphatic rings. The van der Waals surface area contributed by atoms with E-state index in [0.29, 0.717) is 17.4 Å². The Bertz CT molecular complexity index is 720. The first kappa shape index (κ1) is 16.1. The van der Waals surface area contributed by atoms with Crippen LogP contribution in [0.5, 0.6) is 0 Å². The van der Waals surface area contributed by atoms with Crippen molar-refractivity contribution in [3.05, 3.63) is 29.8 Å². The summed E-state index contributed by atoms with van der Waals surface area (Å²) in [6, 6.07) is 5.14. The van der Waals surface area contributed by atoms with E-state index in [0.717, 1.165) is 17.4 Å². The van der Waals surface area contributed by atoms with E-state index in [1.165, 1.54) is 30.0 Å². The summed E-state index contributed by atoms with van der Waals surface area (Å²) in [5.41, 5.74) is -0.864. The van der Waals surface area contributed by atoms with Gasteiger partial charge in [-0.05, 0) is 12.1 Å². The number of ether oxygens (including phenoxy) is 1. The Morgan fingerprint density at radius 1 is 1.30 bits per heavy atom. The maximum atomic E-state index is 12.9. The number of alkyl halides is 3. The zero-order chi connectivity index (χ0) is 16.4. The predicted molar refractivity (Wildman–Crippen MR) is 79.9 cm³/mol. The van der Waals surface area contributed by atoms with Gasteiger partial charge in [-0.2, -0.15) is 13.2 Å². The summed E-state index contributed by atoms with van der Waals surface area (Å²) in [7, 11) is 0. The van der Waals surface area contributed by atoms with Gasteiger partial charge in [0, 0.05) is 6.42 Å². The van der Waals surface area contributed by atoms with Crippen LogP contribution in [0.1, 0.15) is 12.0 Å². The quantitative estimate of drug-likeness (QED) is 0.838. The van der Waals surface area contributed by atoms with Gasteiger partial charge in [-0.25, -0.2) is 0 Å². The number of carbonyl (C=O) groups is 1. The molecule has 0 saturated carbocycles. The number of thioether (sulfide) groups is 1. The average Bonchev–Trinajstić information content (AvgIpc) is 3.09. The van der Waals surface area contributed by atoms with Gasteiger partial charge in [0.15, 0.2) is 4.34 Å². The highest BCUT2D eigenvalue weighted by atomic mass is 32.2. The molecule has 1 fully saturated rings. The molecule has 1 N–H and O–H groups in total.